The minimum absolute atomic E-state index is 0.304. The van der Waals surface area contributed by atoms with Gasteiger partial charge in [-0.1, -0.05) is 29.9 Å². The molecule has 19 heavy (non-hydrogen) atoms. The van der Waals surface area contributed by atoms with Gasteiger partial charge in [0.1, 0.15) is 10.8 Å². The van der Waals surface area contributed by atoms with Crippen molar-refractivity contribution in [1.82, 2.24) is 4.98 Å². The number of halogens is 1. The number of hydrogen-bond donors (Lipinski definition) is 2. The average Bonchev–Trinajstić information content (AvgIpc) is 2.32. The number of hydrogen-bond acceptors (Lipinski definition) is 3. The van der Waals surface area contributed by atoms with E-state index in [-0.39, 0.29) is 0 Å². The van der Waals surface area contributed by atoms with Gasteiger partial charge in [0.05, 0.1) is 16.3 Å². The fourth-order valence-corrected chi connectivity index (χ4v) is 2.15. The summed E-state index contributed by atoms with van der Waals surface area (Å²) in [6, 6.07) is 9.50. The Bertz CT molecular complexity index is 641. The van der Waals surface area contributed by atoms with Crippen LogP contribution in [0.1, 0.15) is 16.8 Å². The predicted molar refractivity (Wildman–Crippen MR) is 84.3 cm³/mol. The van der Waals surface area contributed by atoms with Crippen LogP contribution in [0.15, 0.2) is 30.3 Å². The van der Waals surface area contributed by atoms with Gasteiger partial charge in [0.2, 0.25) is 0 Å². The lowest BCUT2D eigenvalue weighted by Crippen LogP contribution is -2.13. The van der Waals surface area contributed by atoms with Crippen LogP contribution in [0.3, 0.4) is 0 Å². The Morgan fingerprint density at radius 2 is 2.00 bits per heavy atom. The Hall–Kier alpha value is -1.65. The van der Waals surface area contributed by atoms with Gasteiger partial charge in [-0.2, -0.15) is 0 Å². The monoisotopic (exact) mass is 291 g/mol. The number of aryl methyl sites for hydroxylation is 2. The SMILES string of the molecule is Cc1ccc(Nc2nc(C)ccc2C(N)=S)c(Cl)c1. The molecule has 0 radical (unpaired) electrons. The summed E-state index contributed by atoms with van der Waals surface area (Å²) in [6.45, 7) is 3.90. The van der Waals surface area contributed by atoms with Crippen LogP contribution in [-0.2, 0) is 0 Å². The van der Waals surface area contributed by atoms with Crippen molar-refractivity contribution >= 4 is 40.3 Å². The first kappa shape index (κ1) is 13.8. The number of nitrogens with zero attached hydrogens (tertiary/aromatic N) is 1. The van der Waals surface area contributed by atoms with Crippen LogP contribution < -0.4 is 11.1 Å². The van der Waals surface area contributed by atoms with Gasteiger partial charge in [-0.25, -0.2) is 4.98 Å². The molecule has 0 saturated carbocycles. The van der Waals surface area contributed by atoms with E-state index in [0.29, 0.717) is 21.4 Å². The topological polar surface area (TPSA) is 50.9 Å². The summed E-state index contributed by atoms with van der Waals surface area (Å²) in [4.78, 5) is 4.72. The van der Waals surface area contributed by atoms with Crippen molar-refractivity contribution < 1.29 is 0 Å². The van der Waals surface area contributed by atoms with Crippen LogP contribution in [-0.4, -0.2) is 9.97 Å². The van der Waals surface area contributed by atoms with Crippen molar-refractivity contribution in [3.8, 4) is 0 Å². The summed E-state index contributed by atoms with van der Waals surface area (Å²) < 4.78 is 0. The van der Waals surface area contributed by atoms with E-state index in [1.807, 2.05) is 44.2 Å². The Kier molecular flexibility index (Phi) is 4.02. The zero-order valence-electron chi connectivity index (χ0n) is 10.7. The second-order valence-corrected chi connectivity index (χ2v) is 5.17. The molecule has 98 valence electrons. The van der Waals surface area contributed by atoms with Gasteiger partial charge in [-0.15, -0.1) is 0 Å². The lowest BCUT2D eigenvalue weighted by atomic mass is 10.2. The van der Waals surface area contributed by atoms with E-state index in [0.717, 1.165) is 16.9 Å². The van der Waals surface area contributed by atoms with Crippen LogP contribution in [0, 0.1) is 13.8 Å². The van der Waals surface area contributed by atoms with Gasteiger partial charge >= 0.3 is 0 Å². The summed E-state index contributed by atoms with van der Waals surface area (Å²) in [5, 5.41) is 3.82. The maximum Gasteiger partial charge on any atom is 0.140 e. The zero-order valence-corrected chi connectivity index (χ0v) is 12.3. The number of nitrogens with two attached hydrogens (primary N) is 1. The number of anilines is 2. The molecular formula is C14H14ClN3S. The fraction of sp³-hybridized carbons (Fsp3) is 0.143. The van der Waals surface area contributed by atoms with E-state index in [2.05, 4.69) is 10.3 Å². The van der Waals surface area contributed by atoms with Crippen molar-refractivity contribution in [2.45, 2.75) is 13.8 Å². The molecule has 0 saturated heterocycles. The van der Waals surface area contributed by atoms with E-state index in [1.54, 1.807) is 0 Å². The van der Waals surface area contributed by atoms with Crippen molar-refractivity contribution in [1.29, 1.82) is 0 Å². The first-order valence-electron chi connectivity index (χ1n) is 5.78. The molecule has 3 nitrogen and oxygen atoms in total. The number of pyridine rings is 1. The number of rotatable bonds is 3. The van der Waals surface area contributed by atoms with Gasteiger partial charge in [0, 0.05) is 5.69 Å². The summed E-state index contributed by atoms with van der Waals surface area (Å²) >= 11 is 11.2. The maximum absolute atomic E-state index is 6.20. The summed E-state index contributed by atoms with van der Waals surface area (Å²) in [6.07, 6.45) is 0. The molecule has 0 spiro atoms. The van der Waals surface area contributed by atoms with Crippen molar-refractivity contribution in [3.63, 3.8) is 0 Å². The maximum atomic E-state index is 6.20. The fourth-order valence-electron chi connectivity index (χ4n) is 1.70. The average molecular weight is 292 g/mol. The molecule has 0 unspecified atom stereocenters. The Balaban J connectivity index is 2.42. The Labute approximate surface area is 122 Å². The number of aromatic nitrogens is 1. The largest absolute Gasteiger partial charge is 0.389 e. The molecule has 2 aromatic rings. The van der Waals surface area contributed by atoms with Crippen LogP contribution >= 0.6 is 23.8 Å². The third-order valence-corrected chi connectivity index (χ3v) is 3.21. The van der Waals surface area contributed by atoms with Crippen molar-refractivity contribution in [3.05, 3.63) is 52.2 Å². The summed E-state index contributed by atoms with van der Waals surface area (Å²) in [5.74, 6) is 0.623. The molecule has 0 fully saturated rings. The number of benzene rings is 1. The van der Waals surface area contributed by atoms with E-state index < -0.39 is 0 Å². The lowest BCUT2D eigenvalue weighted by molar-refractivity contribution is 1.19. The number of nitrogens with one attached hydrogen (secondary N) is 1. The highest BCUT2D eigenvalue weighted by atomic mass is 35.5. The van der Waals surface area contributed by atoms with E-state index >= 15 is 0 Å². The molecule has 3 N–H and O–H groups in total. The Morgan fingerprint density at radius 3 is 2.63 bits per heavy atom. The second kappa shape index (κ2) is 5.55. The highest BCUT2D eigenvalue weighted by molar-refractivity contribution is 7.80. The first-order valence-corrected chi connectivity index (χ1v) is 6.56. The molecular weight excluding hydrogens is 278 g/mol. The third-order valence-electron chi connectivity index (χ3n) is 2.68. The van der Waals surface area contributed by atoms with Gasteiger partial charge in [0.15, 0.2) is 0 Å². The molecule has 0 atom stereocenters. The van der Waals surface area contributed by atoms with Gasteiger partial charge in [-0.05, 0) is 43.7 Å². The lowest BCUT2D eigenvalue weighted by Gasteiger charge is -2.12. The molecule has 0 aliphatic rings. The van der Waals surface area contributed by atoms with E-state index in [4.69, 9.17) is 29.6 Å². The third kappa shape index (κ3) is 3.22. The van der Waals surface area contributed by atoms with Crippen LogP contribution in [0.2, 0.25) is 5.02 Å². The Morgan fingerprint density at radius 1 is 1.26 bits per heavy atom. The predicted octanol–water partition coefficient (Wildman–Crippen LogP) is 3.73. The molecule has 0 aliphatic heterocycles. The smallest absolute Gasteiger partial charge is 0.140 e. The van der Waals surface area contributed by atoms with Crippen LogP contribution in [0.25, 0.3) is 0 Å². The highest BCUT2D eigenvalue weighted by Crippen LogP contribution is 2.27. The van der Waals surface area contributed by atoms with Gasteiger partial charge in [-0.3, -0.25) is 0 Å². The van der Waals surface area contributed by atoms with Crippen molar-refractivity contribution in [2.24, 2.45) is 5.73 Å². The molecule has 5 heteroatoms. The van der Waals surface area contributed by atoms with Crippen LogP contribution in [0.4, 0.5) is 11.5 Å². The normalized spacial score (nSPS) is 10.3. The molecule has 0 aliphatic carbocycles. The summed E-state index contributed by atoms with van der Waals surface area (Å²) in [5.41, 5.74) is 9.16. The standard InChI is InChI=1S/C14H14ClN3S/c1-8-3-6-12(11(15)7-8)18-14-10(13(16)19)5-4-9(2)17-14/h3-7H,1-2H3,(H2,16,19)(H,17,18). The first-order chi connectivity index (χ1) is 8.97. The molecule has 1 heterocycles. The molecule has 2 rings (SSSR count). The number of thiocarbonyl (C=S) groups is 1. The molecule has 0 amide bonds. The minimum Gasteiger partial charge on any atom is -0.389 e. The van der Waals surface area contributed by atoms with E-state index in [9.17, 15) is 0 Å². The second-order valence-electron chi connectivity index (χ2n) is 4.32. The molecule has 0 bridgehead atoms. The minimum atomic E-state index is 0.304. The molecule has 1 aromatic carbocycles. The summed E-state index contributed by atoms with van der Waals surface area (Å²) in [7, 11) is 0. The van der Waals surface area contributed by atoms with E-state index in [1.165, 1.54) is 0 Å². The van der Waals surface area contributed by atoms with Crippen molar-refractivity contribution in [2.75, 3.05) is 5.32 Å². The quantitative estimate of drug-likeness (QED) is 0.846. The van der Waals surface area contributed by atoms with Gasteiger partial charge < -0.3 is 11.1 Å². The van der Waals surface area contributed by atoms with Crippen LogP contribution in [0.5, 0.6) is 0 Å². The zero-order chi connectivity index (χ0) is 14.0. The molecule has 1 aromatic heterocycles. The van der Waals surface area contributed by atoms with Gasteiger partial charge in [0.25, 0.3) is 0 Å². The highest BCUT2D eigenvalue weighted by Gasteiger charge is 2.09.